The number of hydrogen-bond donors (Lipinski definition) is 3. The summed E-state index contributed by atoms with van der Waals surface area (Å²) in [6.07, 6.45) is 1.57. The third kappa shape index (κ3) is 4.25. The SMILES string of the molecule is CCCCn1c(N)c(N(C)CC(=O)c2[nH]c(C)c(C(=O)OC)c2C)c(=O)[nH]c1=O. The summed E-state index contributed by atoms with van der Waals surface area (Å²) in [6, 6.07) is 0. The van der Waals surface area contributed by atoms with Crippen molar-refractivity contribution in [2.45, 2.75) is 40.2 Å². The summed E-state index contributed by atoms with van der Waals surface area (Å²) in [7, 11) is 2.81. The van der Waals surface area contributed by atoms with Gasteiger partial charge in [0, 0.05) is 19.3 Å². The Hall–Kier alpha value is -3.30. The Balaban J connectivity index is 2.37. The molecule has 0 unspecified atom stereocenters. The highest BCUT2D eigenvalue weighted by atomic mass is 16.5. The van der Waals surface area contributed by atoms with Gasteiger partial charge >= 0.3 is 11.7 Å². The van der Waals surface area contributed by atoms with Crippen molar-refractivity contribution >= 4 is 23.3 Å². The lowest BCUT2D eigenvalue weighted by Crippen LogP contribution is -2.38. The van der Waals surface area contributed by atoms with Crippen molar-refractivity contribution in [2.24, 2.45) is 0 Å². The smallest absolute Gasteiger partial charge is 0.339 e. The van der Waals surface area contributed by atoms with E-state index in [0.717, 1.165) is 12.8 Å². The first-order valence-electron chi connectivity index (χ1n) is 9.28. The maximum Gasteiger partial charge on any atom is 0.339 e. The molecule has 158 valence electrons. The van der Waals surface area contributed by atoms with Gasteiger partial charge in [-0.1, -0.05) is 13.3 Å². The number of nitrogens with two attached hydrogens (primary N) is 1. The van der Waals surface area contributed by atoms with Gasteiger partial charge in [-0.2, -0.15) is 0 Å². The van der Waals surface area contributed by atoms with Gasteiger partial charge in [0.15, 0.2) is 5.78 Å². The van der Waals surface area contributed by atoms with Crippen LogP contribution in [0.1, 0.15) is 51.9 Å². The molecule has 0 aliphatic rings. The van der Waals surface area contributed by atoms with Crippen molar-refractivity contribution in [1.82, 2.24) is 14.5 Å². The first-order chi connectivity index (χ1) is 13.6. The van der Waals surface area contributed by atoms with Crippen LogP contribution in [0.4, 0.5) is 11.5 Å². The van der Waals surface area contributed by atoms with Gasteiger partial charge < -0.3 is 20.4 Å². The minimum atomic E-state index is -0.662. The second-order valence-corrected chi connectivity index (χ2v) is 6.89. The number of anilines is 2. The molecule has 2 aromatic rings. The third-order valence-corrected chi connectivity index (χ3v) is 4.82. The molecule has 0 fully saturated rings. The molecule has 0 spiro atoms. The van der Waals surface area contributed by atoms with Gasteiger partial charge in [0.2, 0.25) is 0 Å². The van der Waals surface area contributed by atoms with E-state index in [2.05, 4.69) is 9.97 Å². The van der Waals surface area contributed by atoms with Crippen LogP contribution < -0.4 is 21.9 Å². The number of aromatic amines is 2. The number of esters is 1. The number of unbranched alkanes of at least 4 members (excludes halogenated alkanes) is 1. The van der Waals surface area contributed by atoms with E-state index in [9.17, 15) is 19.2 Å². The van der Waals surface area contributed by atoms with Gasteiger partial charge in [-0.05, 0) is 25.8 Å². The van der Waals surface area contributed by atoms with Gasteiger partial charge in [-0.25, -0.2) is 9.59 Å². The molecule has 0 aliphatic heterocycles. The fraction of sp³-hybridized carbons (Fsp3) is 0.474. The van der Waals surface area contributed by atoms with Gasteiger partial charge in [0.25, 0.3) is 5.56 Å². The number of H-pyrrole nitrogens is 2. The number of hydrogen-bond acceptors (Lipinski definition) is 7. The molecule has 2 rings (SSSR count). The Morgan fingerprint density at radius 2 is 1.86 bits per heavy atom. The van der Waals surface area contributed by atoms with Gasteiger partial charge in [-0.3, -0.25) is 19.1 Å². The van der Waals surface area contributed by atoms with E-state index in [1.54, 1.807) is 20.9 Å². The lowest BCUT2D eigenvalue weighted by atomic mass is 10.1. The number of rotatable bonds is 8. The number of carbonyl (C=O) groups excluding carboxylic acids is 2. The molecule has 2 heterocycles. The summed E-state index contributed by atoms with van der Waals surface area (Å²) >= 11 is 0. The first-order valence-corrected chi connectivity index (χ1v) is 9.28. The van der Waals surface area contributed by atoms with Crippen LogP contribution in [0.15, 0.2) is 9.59 Å². The van der Waals surface area contributed by atoms with Crippen LogP contribution in [-0.2, 0) is 11.3 Å². The number of likely N-dealkylation sites (N-methyl/N-ethyl adjacent to an activating group) is 1. The van der Waals surface area contributed by atoms with E-state index >= 15 is 0 Å². The number of nitrogen functional groups attached to an aromatic ring is 1. The molecular formula is C19H27N5O5. The lowest BCUT2D eigenvalue weighted by Gasteiger charge is -2.21. The Kier molecular flexibility index (Phi) is 6.68. The largest absolute Gasteiger partial charge is 0.465 e. The standard InChI is InChI=1S/C19H27N5O5/c1-6-7-8-24-16(20)15(17(26)22-19(24)28)23(4)9-12(25)14-10(2)13(11(3)21-14)18(27)29-5/h21H,6-9,20H2,1-5H3,(H,22,26,28). The monoisotopic (exact) mass is 405 g/mol. The Morgan fingerprint density at radius 3 is 2.45 bits per heavy atom. The highest BCUT2D eigenvalue weighted by molar-refractivity contribution is 6.03. The number of aryl methyl sites for hydroxylation is 1. The highest BCUT2D eigenvalue weighted by Crippen LogP contribution is 2.21. The van der Waals surface area contributed by atoms with E-state index in [0.29, 0.717) is 23.4 Å². The number of methoxy groups -OCH3 is 1. The number of nitrogens with zero attached hydrogens (tertiary/aromatic N) is 2. The maximum atomic E-state index is 12.8. The summed E-state index contributed by atoms with van der Waals surface area (Å²) in [5.74, 6) is -0.863. The Morgan fingerprint density at radius 1 is 1.21 bits per heavy atom. The Labute approximate surface area is 167 Å². The minimum Gasteiger partial charge on any atom is -0.465 e. The van der Waals surface area contributed by atoms with Crippen molar-refractivity contribution in [3.05, 3.63) is 43.4 Å². The third-order valence-electron chi connectivity index (χ3n) is 4.82. The van der Waals surface area contributed by atoms with E-state index < -0.39 is 17.2 Å². The van der Waals surface area contributed by atoms with Crippen LogP contribution in [0.3, 0.4) is 0 Å². The van der Waals surface area contributed by atoms with Crippen molar-refractivity contribution in [1.29, 1.82) is 0 Å². The highest BCUT2D eigenvalue weighted by Gasteiger charge is 2.24. The number of carbonyl (C=O) groups is 2. The first kappa shape index (κ1) is 22.0. The fourth-order valence-electron chi connectivity index (χ4n) is 3.30. The second kappa shape index (κ2) is 8.80. The fourth-order valence-corrected chi connectivity index (χ4v) is 3.30. The topological polar surface area (TPSA) is 143 Å². The van der Waals surface area contributed by atoms with Crippen molar-refractivity contribution < 1.29 is 14.3 Å². The van der Waals surface area contributed by atoms with Crippen LogP contribution >= 0.6 is 0 Å². The molecule has 0 amide bonds. The number of nitrogens with one attached hydrogen (secondary N) is 2. The molecule has 0 saturated heterocycles. The molecule has 0 saturated carbocycles. The van der Waals surface area contributed by atoms with Gasteiger partial charge in [-0.15, -0.1) is 0 Å². The molecule has 10 heteroatoms. The summed E-state index contributed by atoms with van der Waals surface area (Å²) < 4.78 is 6.05. The predicted octanol–water partition coefficient (Wildman–Crippen LogP) is 0.970. The molecular weight excluding hydrogens is 378 g/mol. The maximum absolute atomic E-state index is 12.8. The average molecular weight is 405 g/mol. The summed E-state index contributed by atoms with van der Waals surface area (Å²) in [4.78, 5) is 55.7. The van der Waals surface area contributed by atoms with Crippen molar-refractivity contribution in [3.8, 4) is 0 Å². The van der Waals surface area contributed by atoms with E-state index in [1.165, 1.54) is 16.6 Å². The number of aromatic nitrogens is 3. The van der Waals surface area contributed by atoms with Gasteiger partial charge in [0.1, 0.15) is 11.5 Å². The summed E-state index contributed by atoms with van der Waals surface area (Å²) in [6.45, 7) is 5.48. The van der Waals surface area contributed by atoms with Crippen LogP contribution in [0.2, 0.25) is 0 Å². The number of ether oxygens (including phenoxy) is 1. The predicted molar refractivity (Wildman–Crippen MR) is 110 cm³/mol. The molecule has 29 heavy (non-hydrogen) atoms. The minimum absolute atomic E-state index is 0.0112. The van der Waals surface area contributed by atoms with Gasteiger partial charge in [0.05, 0.1) is 24.9 Å². The van der Waals surface area contributed by atoms with Crippen LogP contribution in [0.25, 0.3) is 0 Å². The van der Waals surface area contributed by atoms with E-state index in [1.807, 2.05) is 6.92 Å². The van der Waals surface area contributed by atoms with E-state index in [-0.39, 0.29) is 29.5 Å². The lowest BCUT2D eigenvalue weighted by molar-refractivity contribution is 0.0599. The zero-order valence-corrected chi connectivity index (χ0v) is 17.3. The van der Waals surface area contributed by atoms with Crippen molar-refractivity contribution in [2.75, 3.05) is 31.3 Å². The molecule has 0 bridgehead atoms. The van der Waals surface area contributed by atoms with E-state index in [4.69, 9.17) is 10.5 Å². The zero-order chi connectivity index (χ0) is 21.9. The molecule has 0 aliphatic carbocycles. The molecule has 0 radical (unpaired) electrons. The normalized spacial score (nSPS) is 10.8. The van der Waals surface area contributed by atoms with Crippen molar-refractivity contribution in [3.63, 3.8) is 0 Å². The number of ketones is 1. The molecule has 0 atom stereocenters. The quantitative estimate of drug-likeness (QED) is 0.438. The second-order valence-electron chi connectivity index (χ2n) is 6.89. The summed E-state index contributed by atoms with van der Waals surface area (Å²) in [5, 5.41) is 0. The van der Waals surface area contributed by atoms with Crippen LogP contribution in [0, 0.1) is 13.8 Å². The Bertz CT molecular complexity index is 1050. The van der Waals surface area contributed by atoms with Crippen LogP contribution in [-0.4, -0.2) is 47.0 Å². The molecule has 4 N–H and O–H groups in total. The summed E-state index contributed by atoms with van der Waals surface area (Å²) in [5.41, 5.74) is 6.44. The zero-order valence-electron chi connectivity index (χ0n) is 17.3. The number of Topliss-reactive ketones (excluding diaryl/α,β-unsaturated/α-hetero) is 1. The molecule has 2 aromatic heterocycles. The molecule has 0 aromatic carbocycles. The van der Waals surface area contributed by atoms with Crippen LogP contribution in [0.5, 0.6) is 0 Å². The molecule has 10 nitrogen and oxygen atoms in total. The average Bonchev–Trinajstić information content (AvgIpc) is 2.95.